The van der Waals surface area contributed by atoms with Crippen molar-refractivity contribution in [3.63, 3.8) is 0 Å². The van der Waals surface area contributed by atoms with Crippen molar-refractivity contribution >= 4 is 40.0 Å². The van der Waals surface area contributed by atoms with Crippen LogP contribution >= 0.6 is 23.1 Å². The van der Waals surface area contributed by atoms with E-state index >= 15 is 0 Å². The standard InChI is InChI=1S/C19H22N4OS2/c1-12(2)20-19(24)18-8-7-17(25-18)16-4-3-9-23(16)11-13-5-6-14-15(10-13)22-26-21-14/h5-8,10,12,16H,3-4,9,11H2,1-2H3,(H,20,24)/t16-/m1/s1. The summed E-state index contributed by atoms with van der Waals surface area (Å²) in [5.74, 6) is 0.0299. The SMILES string of the molecule is CC(C)NC(=O)c1ccc([C@H]2CCCN2Cc2ccc3nsnc3c2)s1. The van der Waals surface area contributed by atoms with E-state index in [1.807, 2.05) is 19.9 Å². The number of likely N-dealkylation sites (tertiary alicyclic amines) is 1. The highest BCUT2D eigenvalue weighted by Gasteiger charge is 2.28. The summed E-state index contributed by atoms with van der Waals surface area (Å²) >= 11 is 2.89. The number of carbonyl (C=O) groups excluding carboxylic acids is 1. The molecule has 1 saturated heterocycles. The Morgan fingerprint density at radius 3 is 2.96 bits per heavy atom. The number of fused-ring (bicyclic) bond motifs is 1. The summed E-state index contributed by atoms with van der Waals surface area (Å²) < 4.78 is 8.62. The number of rotatable bonds is 5. The van der Waals surface area contributed by atoms with Crippen molar-refractivity contribution < 1.29 is 4.79 Å². The average molecular weight is 387 g/mol. The Labute approximate surface area is 161 Å². The van der Waals surface area contributed by atoms with Gasteiger partial charge in [-0.05, 0) is 63.1 Å². The van der Waals surface area contributed by atoms with Gasteiger partial charge in [0.25, 0.3) is 5.91 Å². The van der Waals surface area contributed by atoms with Crippen LogP contribution in [0.25, 0.3) is 11.0 Å². The first-order chi connectivity index (χ1) is 12.6. The molecule has 136 valence electrons. The molecule has 1 N–H and O–H groups in total. The molecule has 1 fully saturated rings. The number of aromatic nitrogens is 2. The third-order valence-electron chi connectivity index (χ3n) is 4.67. The van der Waals surface area contributed by atoms with E-state index in [2.05, 4.69) is 43.2 Å². The second-order valence-corrected chi connectivity index (χ2v) is 8.69. The van der Waals surface area contributed by atoms with Crippen molar-refractivity contribution in [1.29, 1.82) is 0 Å². The predicted octanol–water partition coefficient (Wildman–Crippen LogP) is 4.23. The van der Waals surface area contributed by atoms with Crippen molar-refractivity contribution in [2.75, 3.05) is 6.54 Å². The first-order valence-corrected chi connectivity index (χ1v) is 10.5. The molecule has 0 bridgehead atoms. The molecular weight excluding hydrogens is 364 g/mol. The first-order valence-electron chi connectivity index (χ1n) is 8.96. The molecule has 1 aliphatic rings. The smallest absolute Gasteiger partial charge is 0.261 e. The number of nitrogens with zero attached hydrogens (tertiary/aromatic N) is 3. The van der Waals surface area contributed by atoms with Crippen LogP contribution in [-0.4, -0.2) is 32.1 Å². The number of amides is 1. The molecule has 3 aromatic rings. The molecule has 0 spiro atoms. The molecule has 0 unspecified atom stereocenters. The molecule has 3 heterocycles. The number of carbonyl (C=O) groups is 1. The van der Waals surface area contributed by atoms with E-state index in [1.54, 1.807) is 11.3 Å². The highest BCUT2D eigenvalue weighted by Crippen LogP contribution is 2.37. The van der Waals surface area contributed by atoms with E-state index in [0.29, 0.717) is 6.04 Å². The van der Waals surface area contributed by atoms with Crippen molar-refractivity contribution in [2.45, 2.75) is 45.3 Å². The van der Waals surface area contributed by atoms with E-state index in [1.165, 1.54) is 28.6 Å². The van der Waals surface area contributed by atoms with Gasteiger partial charge < -0.3 is 5.32 Å². The van der Waals surface area contributed by atoms with Crippen LogP contribution < -0.4 is 5.32 Å². The Kier molecular flexibility index (Phi) is 5.02. The maximum absolute atomic E-state index is 12.2. The van der Waals surface area contributed by atoms with E-state index < -0.39 is 0 Å². The molecule has 0 aliphatic carbocycles. The van der Waals surface area contributed by atoms with Crippen LogP contribution in [0.4, 0.5) is 0 Å². The summed E-state index contributed by atoms with van der Waals surface area (Å²) in [6, 6.07) is 11.0. The van der Waals surface area contributed by atoms with Crippen LogP contribution in [-0.2, 0) is 6.54 Å². The quantitative estimate of drug-likeness (QED) is 0.713. The molecule has 26 heavy (non-hydrogen) atoms. The number of hydrogen-bond acceptors (Lipinski definition) is 6. The number of hydrogen-bond donors (Lipinski definition) is 1. The van der Waals surface area contributed by atoms with Gasteiger partial charge in [-0.25, -0.2) is 0 Å². The van der Waals surface area contributed by atoms with E-state index in [9.17, 15) is 4.79 Å². The Morgan fingerprint density at radius 1 is 1.27 bits per heavy atom. The molecule has 1 atom stereocenters. The second kappa shape index (κ2) is 7.42. The summed E-state index contributed by atoms with van der Waals surface area (Å²) in [5, 5.41) is 2.97. The Morgan fingerprint density at radius 2 is 2.12 bits per heavy atom. The molecule has 1 aromatic carbocycles. The lowest BCUT2D eigenvalue weighted by molar-refractivity contribution is 0.0947. The van der Waals surface area contributed by atoms with Crippen molar-refractivity contribution in [3.8, 4) is 0 Å². The molecule has 7 heteroatoms. The molecule has 0 radical (unpaired) electrons. The lowest BCUT2D eigenvalue weighted by Gasteiger charge is -2.23. The third-order valence-corrected chi connectivity index (χ3v) is 6.41. The fraction of sp³-hybridized carbons (Fsp3) is 0.421. The van der Waals surface area contributed by atoms with Gasteiger partial charge in [0.1, 0.15) is 11.0 Å². The van der Waals surface area contributed by atoms with Crippen molar-refractivity contribution in [1.82, 2.24) is 19.0 Å². The van der Waals surface area contributed by atoms with Crippen molar-refractivity contribution in [2.24, 2.45) is 0 Å². The minimum atomic E-state index is 0.0299. The predicted molar refractivity (Wildman–Crippen MR) is 107 cm³/mol. The van der Waals surface area contributed by atoms with E-state index in [-0.39, 0.29) is 11.9 Å². The van der Waals surface area contributed by atoms with Gasteiger partial charge in [-0.3, -0.25) is 9.69 Å². The van der Waals surface area contributed by atoms with Gasteiger partial charge in [-0.1, -0.05) is 6.07 Å². The summed E-state index contributed by atoms with van der Waals surface area (Å²) in [7, 11) is 0. The minimum absolute atomic E-state index is 0.0299. The molecule has 5 nitrogen and oxygen atoms in total. The molecule has 4 rings (SSSR count). The van der Waals surface area contributed by atoms with E-state index in [4.69, 9.17) is 0 Å². The number of thiophene rings is 1. The van der Waals surface area contributed by atoms with Gasteiger partial charge in [-0.2, -0.15) is 8.75 Å². The molecular formula is C19H22N4OS2. The third kappa shape index (κ3) is 3.65. The Bertz CT molecular complexity index is 917. The monoisotopic (exact) mass is 386 g/mol. The normalized spacial score (nSPS) is 18.0. The van der Waals surface area contributed by atoms with Gasteiger partial charge in [-0.15, -0.1) is 11.3 Å². The zero-order valence-electron chi connectivity index (χ0n) is 14.9. The van der Waals surface area contributed by atoms with Gasteiger partial charge in [0, 0.05) is 23.5 Å². The van der Waals surface area contributed by atoms with Crippen LogP contribution in [0.1, 0.15) is 52.8 Å². The fourth-order valence-corrected chi connectivity index (χ4v) is 5.08. The van der Waals surface area contributed by atoms with Crippen LogP contribution in [0.2, 0.25) is 0 Å². The summed E-state index contributed by atoms with van der Waals surface area (Å²) in [5.41, 5.74) is 3.22. The lowest BCUT2D eigenvalue weighted by atomic mass is 10.1. The van der Waals surface area contributed by atoms with Crippen molar-refractivity contribution in [3.05, 3.63) is 45.6 Å². The zero-order valence-corrected chi connectivity index (χ0v) is 16.6. The van der Waals surface area contributed by atoms with Gasteiger partial charge >= 0.3 is 0 Å². The summed E-state index contributed by atoms with van der Waals surface area (Å²) in [6.07, 6.45) is 2.34. The van der Waals surface area contributed by atoms with Crippen LogP contribution in [0.3, 0.4) is 0 Å². The van der Waals surface area contributed by atoms with Gasteiger partial charge in [0.15, 0.2) is 0 Å². The van der Waals surface area contributed by atoms with Crippen LogP contribution in [0.5, 0.6) is 0 Å². The topological polar surface area (TPSA) is 58.1 Å². The number of benzene rings is 1. The first kappa shape index (κ1) is 17.6. The molecule has 2 aromatic heterocycles. The summed E-state index contributed by atoms with van der Waals surface area (Å²) in [4.78, 5) is 16.8. The zero-order chi connectivity index (χ0) is 18.1. The maximum Gasteiger partial charge on any atom is 0.261 e. The summed E-state index contributed by atoms with van der Waals surface area (Å²) in [6.45, 7) is 5.96. The highest BCUT2D eigenvalue weighted by atomic mass is 32.1. The molecule has 1 aliphatic heterocycles. The maximum atomic E-state index is 12.2. The minimum Gasteiger partial charge on any atom is -0.349 e. The largest absolute Gasteiger partial charge is 0.349 e. The number of nitrogens with one attached hydrogen (secondary N) is 1. The Hall–Kier alpha value is -1.83. The second-order valence-electron chi connectivity index (χ2n) is 7.05. The van der Waals surface area contributed by atoms with Gasteiger partial charge in [0.2, 0.25) is 0 Å². The van der Waals surface area contributed by atoms with Crippen LogP contribution in [0, 0.1) is 0 Å². The van der Waals surface area contributed by atoms with Gasteiger partial charge in [0.05, 0.1) is 16.6 Å². The average Bonchev–Trinajstić information content (AvgIpc) is 3.34. The lowest BCUT2D eigenvalue weighted by Crippen LogP contribution is -2.29. The molecule has 0 saturated carbocycles. The Balaban J connectivity index is 1.49. The van der Waals surface area contributed by atoms with Crippen LogP contribution in [0.15, 0.2) is 30.3 Å². The fourth-order valence-electron chi connectivity index (χ4n) is 3.49. The van der Waals surface area contributed by atoms with E-state index in [0.717, 1.165) is 35.4 Å². The highest BCUT2D eigenvalue weighted by molar-refractivity contribution is 7.14. The molecule has 1 amide bonds.